The Morgan fingerprint density at radius 2 is 2.19 bits per heavy atom. The van der Waals surface area contributed by atoms with Crippen LogP contribution in [0.25, 0.3) is 0 Å². The predicted molar refractivity (Wildman–Crippen MR) is 64.0 cm³/mol. The normalized spacial score (nSPS) is 15.3. The number of rotatable bonds is 7. The molecule has 0 aromatic carbocycles. The molecule has 2 rings (SSSR count). The average Bonchev–Trinajstić information content (AvgIpc) is 3.11. The third kappa shape index (κ3) is 3.91. The van der Waals surface area contributed by atoms with Crippen molar-refractivity contribution in [1.82, 2.24) is 10.3 Å². The number of hydrogen-bond donors (Lipinski definition) is 1. The summed E-state index contributed by atoms with van der Waals surface area (Å²) >= 11 is 0. The second kappa shape index (κ2) is 5.97. The lowest BCUT2D eigenvalue weighted by Crippen LogP contribution is -2.13. The highest BCUT2D eigenvalue weighted by molar-refractivity contribution is 5.10. The summed E-state index contributed by atoms with van der Waals surface area (Å²) in [5, 5.41) is 3.27. The third-order valence-corrected chi connectivity index (χ3v) is 2.72. The lowest BCUT2D eigenvalue weighted by Gasteiger charge is -2.05. The van der Waals surface area contributed by atoms with Crippen LogP contribution >= 0.6 is 0 Å². The molecule has 0 atom stereocenters. The fourth-order valence-corrected chi connectivity index (χ4v) is 1.58. The minimum absolute atomic E-state index is 0.649. The van der Waals surface area contributed by atoms with E-state index in [0.29, 0.717) is 6.61 Å². The Labute approximate surface area is 97.2 Å². The quantitative estimate of drug-likeness (QED) is 0.764. The standard InChI is InChI=1S/C13H20N2O/c1-2-14-8-12-4-3-5-13(15-12)10-16-9-11-6-7-11/h3-5,11,14H,2,6-10H2,1H3. The Morgan fingerprint density at radius 3 is 2.94 bits per heavy atom. The van der Waals surface area contributed by atoms with Crippen LogP contribution in [-0.2, 0) is 17.9 Å². The number of hydrogen-bond acceptors (Lipinski definition) is 3. The minimum atomic E-state index is 0.649. The van der Waals surface area contributed by atoms with E-state index in [9.17, 15) is 0 Å². The molecule has 1 aromatic rings. The van der Waals surface area contributed by atoms with Gasteiger partial charge >= 0.3 is 0 Å². The first-order valence-corrected chi connectivity index (χ1v) is 6.11. The molecule has 0 bridgehead atoms. The van der Waals surface area contributed by atoms with Crippen LogP contribution in [-0.4, -0.2) is 18.1 Å². The molecule has 1 fully saturated rings. The maximum absolute atomic E-state index is 5.62. The molecule has 0 saturated heterocycles. The highest BCUT2D eigenvalue weighted by Gasteiger charge is 2.21. The number of aromatic nitrogens is 1. The first-order chi connectivity index (χ1) is 7.88. The van der Waals surface area contributed by atoms with Gasteiger partial charge in [-0.25, -0.2) is 0 Å². The number of nitrogens with one attached hydrogen (secondary N) is 1. The van der Waals surface area contributed by atoms with E-state index < -0.39 is 0 Å². The van der Waals surface area contributed by atoms with Gasteiger partial charge in [-0.3, -0.25) is 4.98 Å². The average molecular weight is 220 g/mol. The Balaban J connectivity index is 1.77. The van der Waals surface area contributed by atoms with Crippen molar-refractivity contribution in [2.45, 2.75) is 32.9 Å². The van der Waals surface area contributed by atoms with Crippen molar-refractivity contribution in [1.29, 1.82) is 0 Å². The molecule has 1 aromatic heterocycles. The fourth-order valence-electron chi connectivity index (χ4n) is 1.58. The molecule has 1 aliphatic carbocycles. The van der Waals surface area contributed by atoms with E-state index >= 15 is 0 Å². The molecule has 0 unspecified atom stereocenters. The van der Waals surface area contributed by atoms with Crippen molar-refractivity contribution >= 4 is 0 Å². The number of nitrogens with zero attached hydrogens (tertiary/aromatic N) is 1. The van der Waals surface area contributed by atoms with Crippen molar-refractivity contribution in [3.8, 4) is 0 Å². The highest BCUT2D eigenvalue weighted by Crippen LogP contribution is 2.28. The van der Waals surface area contributed by atoms with Gasteiger partial charge in [0.05, 0.1) is 18.0 Å². The molecular formula is C13H20N2O. The van der Waals surface area contributed by atoms with Gasteiger partial charge in [-0.05, 0) is 37.4 Å². The van der Waals surface area contributed by atoms with E-state index in [0.717, 1.165) is 37.0 Å². The Kier molecular flexibility index (Phi) is 4.31. The van der Waals surface area contributed by atoms with Crippen molar-refractivity contribution in [2.75, 3.05) is 13.2 Å². The molecule has 88 valence electrons. The van der Waals surface area contributed by atoms with E-state index in [1.165, 1.54) is 12.8 Å². The van der Waals surface area contributed by atoms with Crippen molar-refractivity contribution < 1.29 is 4.74 Å². The number of pyridine rings is 1. The third-order valence-electron chi connectivity index (χ3n) is 2.72. The van der Waals surface area contributed by atoms with Gasteiger partial charge in [-0.2, -0.15) is 0 Å². The fraction of sp³-hybridized carbons (Fsp3) is 0.615. The van der Waals surface area contributed by atoms with Crippen LogP contribution in [0.1, 0.15) is 31.2 Å². The van der Waals surface area contributed by atoms with Crippen LogP contribution in [0.5, 0.6) is 0 Å². The Morgan fingerprint density at radius 1 is 1.38 bits per heavy atom. The van der Waals surface area contributed by atoms with Crippen molar-refractivity contribution in [3.63, 3.8) is 0 Å². The topological polar surface area (TPSA) is 34.1 Å². The molecule has 3 nitrogen and oxygen atoms in total. The van der Waals surface area contributed by atoms with Crippen LogP contribution in [0.3, 0.4) is 0 Å². The summed E-state index contributed by atoms with van der Waals surface area (Å²) in [4.78, 5) is 4.54. The van der Waals surface area contributed by atoms with E-state index in [1.807, 2.05) is 12.1 Å². The second-order valence-electron chi connectivity index (χ2n) is 4.36. The summed E-state index contributed by atoms with van der Waals surface area (Å²) in [6.45, 7) is 5.47. The van der Waals surface area contributed by atoms with Gasteiger partial charge in [0.1, 0.15) is 0 Å². The molecule has 1 N–H and O–H groups in total. The van der Waals surface area contributed by atoms with Crippen LogP contribution in [0.4, 0.5) is 0 Å². The first-order valence-electron chi connectivity index (χ1n) is 6.11. The van der Waals surface area contributed by atoms with Crippen molar-refractivity contribution in [2.24, 2.45) is 5.92 Å². The van der Waals surface area contributed by atoms with Crippen LogP contribution in [0, 0.1) is 5.92 Å². The van der Waals surface area contributed by atoms with E-state index in [-0.39, 0.29) is 0 Å². The molecule has 0 amide bonds. The van der Waals surface area contributed by atoms with Gasteiger partial charge in [-0.1, -0.05) is 13.0 Å². The molecule has 1 saturated carbocycles. The van der Waals surface area contributed by atoms with E-state index in [4.69, 9.17) is 4.74 Å². The summed E-state index contributed by atoms with van der Waals surface area (Å²) in [5.41, 5.74) is 2.13. The van der Waals surface area contributed by atoms with E-state index in [2.05, 4.69) is 23.3 Å². The van der Waals surface area contributed by atoms with Gasteiger partial charge in [-0.15, -0.1) is 0 Å². The molecule has 1 aliphatic rings. The Hall–Kier alpha value is -0.930. The monoisotopic (exact) mass is 220 g/mol. The van der Waals surface area contributed by atoms with Gasteiger partial charge in [0, 0.05) is 13.2 Å². The summed E-state index contributed by atoms with van der Waals surface area (Å²) in [7, 11) is 0. The zero-order valence-corrected chi connectivity index (χ0v) is 9.91. The molecule has 1 heterocycles. The van der Waals surface area contributed by atoms with Crippen molar-refractivity contribution in [3.05, 3.63) is 29.6 Å². The Bertz CT molecular complexity index is 323. The summed E-state index contributed by atoms with van der Waals surface area (Å²) in [5.74, 6) is 0.824. The lowest BCUT2D eigenvalue weighted by molar-refractivity contribution is 0.108. The minimum Gasteiger partial charge on any atom is -0.375 e. The lowest BCUT2D eigenvalue weighted by atomic mass is 10.3. The zero-order chi connectivity index (χ0) is 11.2. The van der Waals surface area contributed by atoms with Crippen LogP contribution in [0.15, 0.2) is 18.2 Å². The maximum atomic E-state index is 5.62. The van der Waals surface area contributed by atoms with Crippen LogP contribution < -0.4 is 5.32 Å². The number of ether oxygens (including phenoxy) is 1. The largest absolute Gasteiger partial charge is 0.375 e. The van der Waals surface area contributed by atoms with Gasteiger partial charge in [0.15, 0.2) is 0 Å². The SMILES string of the molecule is CCNCc1cccc(COCC2CC2)n1. The summed E-state index contributed by atoms with van der Waals surface area (Å²) < 4.78 is 5.62. The molecule has 0 aliphatic heterocycles. The molecule has 16 heavy (non-hydrogen) atoms. The molecule has 0 radical (unpaired) electrons. The summed E-state index contributed by atoms with van der Waals surface area (Å²) in [6.07, 6.45) is 2.68. The van der Waals surface area contributed by atoms with Crippen LogP contribution in [0.2, 0.25) is 0 Å². The first kappa shape index (κ1) is 11.6. The van der Waals surface area contributed by atoms with E-state index in [1.54, 1.807) is 0 Å². The van der Waals surface area contributed by atoms with Gasteiger partial charge in [0.25, 0.3) is 0 Å². The predicted octanol–water partition coefficient (Wildman–Crippen LogP) is 2.12. The maximum Gasteiger partial charge on any atom is 0.0888 e. The highest BCUT2D eigenvalue weighted by atomic mass is 16.5. The van der Waals surface area contributed by atoms with Gasteiger partial charge < -0.3 is 10.1 Å². The second-order valence-corrected chi connectivity index (χ2v) is 4.36. The van der Waals surface area contributed by atoms with Gasteiger partial charge in [0.2, 0.25) is 0 Å². The molecular weight excluding hydrogens is 200 g/mol. The zero-order valence-electron chi connectivity index (χ0n) is 9.91. The summed E-state index contributed by atoms with van der Waals surface area (Å²) in [6, 6.07) is 6.13. The molecule has 3 heteroatoms. The molecule has 0 spiro atoms. The smallest absolute Gasteiger partial charge is 0.0888 e.